The molecule has 1 heterocycles. The molecule has 0 aliphatic carbocycles. The van der Waals surface area contributed by atoms with Crippen molar-refractivity contribution in [3.8, 4) is 11.5 Å². The van der Waals surface area contributed by atoms with E-state index >= 15 is 0 Å². The fraction of sp³-hybridized carbons (Fsp3) is 0.200. The lowest BCUT2D eigenvalue weighted by Crippen LogP contribution is -2.13. The van der Waals surface area contributed by atoms with Crippen LogP contribution in [0.15, 0.2) is 36.5 Å². The van der Waals surface area contributed by atoms with E-state index in [0.717, 1.165) is 5.56 Å². The molecule has 1 N–H and O–H groups in total. The van der Waals surface area contributed by atoms with E-state index in [1.54, 1.807) is 37.6 Å². The molecule has 1 aromatic carbocycles. The molecule has 0 radical (unpaired) electrons. The minimum Gasteiger partial charge on any atom is -0.493 e. The Morgan fingerprint density at radius 2 is 1.85 bits per heavy atom. The van der Waals surface area contributed by atoms with Gasteiger partial charge in [0.05, 0.1) is 14.2 Å². The molecule has 0 aliphatic rings. The molecule has 0 saturated heterocycles. The zero-order chi connectivity index (χ0) is 14.5. The van der Waals surface area contributed by atoms with Gasteiger partial charge in [0.15, 0.2) is 11.5 Å². The van der Waals surface area contributed by atoms with Crippen molar-refractivity contribution in [1.29, 1.82) is 0 Å². The number of amides is 1. The van der Waals surface area contributed by atoms with E-state index in [9.17, 15) is 4.79 Å². The number of nitrogens with one attached hydrogen (secondary N) is 1. The maximum absolute atomic E-state index is 12.1. The van der Waals surface area contributed by atoms with E-state index in [1.165, 1.54) is 7.11 Å². The number of nitrogens with zero attached hydrogens (tertiary/aromatic N) is 1. The number of hydrogen-bond donors (Lipinski definition) is 1. The third kappa shape index (κ3) is 3.06. The third-order valence-corrected chi connectivity index (χ3v) is 2.80. The van der Waals surface area contributed by atoms with Gasteiger partial charge in [0.2, 0.25) is 0 Å². The van der Waals surface area contributed by atoms with Gasteiger partial charge >= 0.3 is 0 Å². The Balaban J connectivity index is 2.18. The van der Waals surface area contributed by atoms with Gasteiger partial charge in [-0.25, -0.2) is 4.98 Å². The van der Waals surface area contributed by atoms with Crippen LogP contribution >= 0.6 is 0 Å². The van der Waals surface area contributed by atoms with Gasteiger partial charge in [-0.3, -0.25) is 4.79 Å². The second kappa shape index (κ2) is 6.06. The molecule has 20 heavy (non-hydrogen) atoms. The summed E-state index contributed by atoms with van der Waals surface area (Å²) in [5.74, 6) is 1.35. The van der Waals surface area contributed by atoms with Crippen LogP contribution in [0, 0.1) is 6.92 Å². The van der Waals surface area contributed by atoms with Crippen LogP contribution in [0.4, 0.5) is 5.82 Å². The van der Waals surface area contributed by atoms with Crippen molar-refractivity contribution in [2.75, 3.05) is 19.5 Å². The molecule has 1 amide bonds. The second-order valence-electron chi connectivity index (χ2n) is 4.24. The average Bonchev–Trinajstić information content (AvgIpc) is 2.48. The molecule has 104 valence electrons. The Bertz CT molecular complexity index is 609. The summed E-state index contributed by atoms with van der Waals surface area (Å²) in [6, 6.07) is 8.63. The Morgan fingerprint density at radius 3 is 2.45 bits per heavy atom. The number of anilines is 1. The van der Waals surface area contributed by atoms with Crippen LogP contribution in [-0.4, -0.2) is 25.1 Å². The predicted molar refractivity (Wildman–Crippen MR) is 76.5 cm³/mol. The molecule has 5 heteroatoms. The number of hydrogen-bond acceptors (Lipinski definition) is 4. The van der Waals surface area contributed by atoms with Crippen LogP contribution in [0.1, 0.15) is 15.9 Å². The highest BCUT2D eigenvalue weighted by Gasteiger charge is 2.11. The SMILES string of the molecule is COc1ccc(C(=O)Nc2ccc(C)cn2)cc1OC. The number of carbonyl (C=O) groups excluding carboxylic acids is 1. The highest BCUT2D eigenvalue weighted by Crippen LogP contribution is 2.27. The number of benzene rings is 1. The summed E-state index contributed by atoms with van der Waals surface area (Å²) < 4.78 is 10.3. The number of carbonyl (C=O) groups is 1. The van der Waals surface area contributed by atoms with Gasteiger partial charge in [-0.15, -0.1) is 0 Å². The van der Waals surface area contributed by atoms with Crippen molar-refractivity contribution in [2.45, 2.75) is 6.92 Å². The smallest absolute Gasteiger partial charge is 0.256 e. The van der Waals surface area contributed by atoms with Crippen molar-refractivity contribution < 1.29 is 14.3 Å². The van der Waals surface area contributed by atoms with Crippen LogP contribution in [0.2, 0.25) is 0 Å². The first-order valence-electron chi connectivity index (χ1n) is 6.10. The second-order valence-corrected chi connectivity index (χ2v) is 4.24. The average molecular weight is 272 g/mol. The molecular weight excluding hydrogens is 256 g/mol. The molecule has 2 aromatic rings. The van der Waals surface area contributed by atoms with Crippen LogP contribution in [-0.2, 0) is 0 Å². The number of methoxy groups -OCH3 is 2. The normalized spacial score (nSPS) is 9.95. The minimum atomic E-state index is -0.248. The largest absolute Gasteiger partial charge is 0.493 e. The van der Waals surface area contributed by atoms with Crippen molar-refractivity contribution in [2.24, 2.45) is 0 Å². The lowest BCUT2D eigenvalue weighted by atomic mass is 10.2. The third-order valence-electron chi connectivity index (χ3n) is 2.80. The van der Waals surface area contributed by atoms with E-state index in [0.29, 0.717) is 22.9 Å². The molecule has 0 bridgehead atoms. The van der Waals surface area contributed by atoms with Crippen molar-refractivity contribution >= 4 is 11.7 Å². The van der Waals surface area contributed by atoms with Gasteiger partial charge in [0, 0.05) is 11.8 Å². The lowest BCUT2D eigenvalue weighted by Gasteiger charge is -2.09. The monoisotopic (exact) mass is 272 g/mol. The molecule has 2 rings (SSSR count). The van der Waals surface area contributed by atoms with Crippen LogP contribution < -0.4 is 14.8 Å². The zero-order valence-corrected chi connectivity index (χ0v) is 11.6. The molecule has 1 aromatic heterocycles. The Hall–Kier alpha value is -2.56. The number of aryl methyl sites for hydroxylation is 1. The first-order valence-corrected chi connectivity index (χ1v) is 6.10. The fourth-order valence-electron chi connectivity index (χ4n) is 1.71. The first-order chi connectivity index (χ1) is 9.63. The van der Waals surface area contributed by atoms with Crippen molar-refractivity contribution in [3.63, 3.8) is 0 Å². The molecular formula is C15H16N2O3. The van der Waals surface area contributed by atoms with E-state index in [4.69, 9.17) is 9.47 Å². The van der Waals surface area contributed by atoms with Gasteiger partial charge in [-0.1, -0.05) is 6.07 Å². The summed E-state index contributed by atoms with van der Waals surface area (Å²) in [5.41, 5.74) is 1.51. The highest BCUT2D eigenvalue weighted by molar-refractivity contribution is 6.04. The molecule has 0 spiro atoms. The van der Waals surface area contributed by atoms with E-state index in [1.807, 2.05) is 13.0 Å². The highest BCUT2D eigenvalue weighted by atomic mass is 16.5. The summed E-state index contributed by atoms with van der Waals surface area (Å²) >= 11 is 0. The van der Waals surface area contributed by atoms with Crippen LogP contribution in [0.5, 0.6) is 11.5 Å². The van der Waals surface area contributed by atoms with Crippen LogP contribution in [0.3, 0.4) is 0 Å². The predicted octanol–water partition coefficient (Wildman–Crippen LogP) is 2.66. The maximum atomic E-state index is 12.1. The van der Waals surface area contributed by atoms with Crippen molar-refractivity contribution in [3.05, 3.63) is 47.7 Å². The molecule has 0 unspecified atom stereocenters. The van der Waals surface area contributed by atoms with Gasteiger partial charge in [-0.2, -0.15) is 0 Å². The molecule has 0 saturated carbocycles. The van der Waals surface area contributed by atoms with Gasteiger partial charge in [0.1, 0.15) is 5.82 Å². The van der Waals surface area contributed by atoms with Gasteiger partial charge in [-0.05, 0) is 36.8 Å². The molecule has 5 nitrogen and oxygen atoms in total. The molecule has 0 fully saturated rings. The summed E-state index contributed by atoms with van der Waals surface area (Å²) in [4.78, 5) is 16.3. The number of aromatic nitrogens is 1. The molecule has 0 atom stereocenters. The standard InChI is InChI=1S/C15H16N2O3/c1-10-4-7-14(16-9-10)17-15(18)11-5-6-12(19-2)13(8-11)20-3/h4-9H,1-3H3,(H,16,17,18). The van der Waals surface area contributed by atoms with Crippen LogP contribution in [0.25, 0.3) is 0 Å². The summed E-state index contributed by atoms with van der Waals surface area (Å²) in [6.45, 7) is 1.94. The summed E-state index contributed by atoms with van der Waals surface area (Å²) in [7, 11) is 3.08. The number of ether oxygens (including phenoxy) is 2. The number of pyridine rings is 1. The summed E-state index contributed by atoms with van der Waals surface area (Å²) in [5, 5.41) is 2.73. The maximum Gasteiger partial charge on any atom is 0.256 e. The Morgan fingerprint density at radius 1 is 1.10 bits per heavy atom. The van der Waals surface area contributed by atoms with E-state index in [-0.39, 0.29) is 5.91 Å². The number of rotatable bonds is 4. The first kappa shape index (κ1) is 13.9. The van der Waals surface area contributed by atoms with E-state index < -0.39 is 0 Å². The lowest BCUT2D eigenvalue weighted by molar-refractivity contribution is 0.102. The minimum absolute atomic E-state index is 0.248. The fourth-order valence-corrected chi connectivity index (χ4v) is 1.71. The molecule has 0 aliphatic heterocycles. The Kier molecular flexibility index (Phi) is 4.20. The van der Waals surface area contributed by atoms with Gasteiger partial charge in [0.25, 0.3) is 5.91 Å². The summed E-state index contributed by atoms with van der Waals surface area (Å²) in [6.07, 6.45) is 1.70. The van der Waals surface area contributed by atoms with E-state index in [2.05, 4.69) is 10.3 Å². The quantitative estimate of drug-likeness (QED) is 0.929. The van der Waals surface area contributed by atoms with Crippen molar-refractivity contribution in [1.82, 2.24) is 4.98 Å². The zero-order valence-electron chi connectivity index (χ0n) is 11.6. The Labute approximate surface area is 117 Å². The topological polar surface area (TPSA) is 60.5 Å². The van der Waals surface area contributed by atoms with Gasteiger partial charge < -0.3 is 14.8 Å².